The Hall–Kier alpha value is -2.62. The minimum Gasteiger partial charge on any atom is -0.496 e. The molecule has 0 spiro atoms. The van der Waals surface area contributed by atoms with Gasteiger partial charge in [0.1, 0.15) is 5.75 Å². The fourth-order valence-corrected chi connectivity index (χ4v) is 2.97. The molecule has 0 aromatic heterocycles. The van der Waals surface area contributed by atoms with E-state index in [1.165, 1.54) is 5.56 Å². The Bertz CT molecular complexity index is 769. The Morgan fingerprint density at radius 2 is 1.96 bits per heavy atom. The third-order valence-electron chi connectivity index (χ3n) is 4.52. The van der Waals surface area contributed by atoms with E-state index < -0.39 is 0 Å². The summed E-state index contributed by atoms with van der Waals surface area (Å²) in [5, 5.41) is 4.12. The minimum atomic E-state index is -0.0111. The molecule has 2 unspecified atom stereocenters. The summed E-state index contributed by atoms with van der Waals surface area (Å²) in [4.78, 5) is 12.2. The standard InChI is InChI=1S/C20H22N2O2/c1-13-10-19(24-3)14(2)9-16(13)12-21-22-20(23)18-11-17(18)15-7-5-4-6-8-15/h4-10,12,17-18H,11H2,1-3H3,(H,22,23)/b21-12+. The van der Waals surface area contributed by atoms with Crippen LogP contribution in [0.15, 0.2) is 47.6 Å². The topological polar surface area (TPSA) is 50.7 Å². The summed E-state index contributed by atoms with van der Waals surface area (Å²) in [7, 11) is 1.66. The van der Waals surface area contributed by atoms with E-state index >= 15 is 0 Å². The molecule has 0 saturated heterocycles. The molecule has 0 aliphatic heterocycles. The molecular formula is C20H22N2O2. The van der Waals surface area contributed by atoms with Crippen molar-refractivity contribution in [2.45, 2.75) is 26.2 Å². The van der Waals surface area contributed by atoms with Crippen LogP contribution in [0.25, 0.3) is 0 Å². The van der Waals surface area contributed by atoms with Gasteiger partial charge in [0, 0.05) is 5.92 Å². The van der Waals surface area contributed by atoms with Crippen molar-refractivity contribution in [1.82, 2.24) is 5.43 Å². The number of ether oxygens (including phenoxy) is 1. The highest BCUT2D eigenvalue weighted by Gasteiger charge is 2.43. The van der Waals surface area contributed by atoms with Gasteiger partial charge in [-0.2, -0.15) is 5.10 Å². The number of nitrogens with one attached hydrogen (secondary N) is 1. The van der Waals surface area contributed by atoms with Crippen LogP contribution in [0, 0.1) is 19.8 Å². The predicted molar refractivity (Wildman–Crippen MR) is 95.5 cm³/mol. The summed E-state index contributed by atoms with van der Waals surface area (Å²) >= 11 is 0. The van der Waals surface area contributed by atoms with E-state index in [-0.39, 0.29) is 11.8 Å². The lowest BCUT2D eigenvalue weighted by molar-refractivity contribution is -0.122. The van der Waals surface area contributed by atoms with Crippen molar-refractivity contribution in [2.75, 3.05) is 7.11 Å². The summed E-state index contributed by atoms with van der Waals surface area (Å²) in [6.07, 6.45) is 2.59. The van der Waals surface area contributed by atoms with Crippen LogP contribution in [-0.2, 0) is 4.79 Å². The number of nitrogens with zero attached hydrogens (tertiary/aromatic N) is 1. The van der Waals surface area contributed by atoms with Crippen LogP contribution >= 0.6 is 0 Å². The monoisotopic (exact) mass is 322 g/mol. The molecule has 2 aromatic carbocycles. The summed E-state index contributed by atoms with van der Waals surface area (Å²) in [5.41, 5.74) is 6.97. The van der Waals surface area contributed by atoms with Crippen molar-refractivity contribution in [3.8, 4) is 5.75 Å². The van der Waals surface area contributed by atoms with E-state index in [1.807, 2.05) is 44.2 Å². The highest BCUT2D eigenvalue weighted by molar-refractivity contribution is 5.86. The third-order valence-corrected chi connectivity index (χ3v) is 4.52. The maximum atomic E-state index is 12.2. The first kappa shape index (κ1) is 16.2. The molecule has 4 nitrogen and oxygen atoms in total. The minimum absolute atomic E-state index is 0.0111. The SMILES string of the molecule is COc1cc(C)c(/C=N/NC(=O)C2CC2c2ccccc2)cc1C. The zero-order chi connectivity index (χ0) is 17.1. The lowest BCUT2D eigenvalue weighted by Gasteiger charge is -2.08. The van der Waals surface area contributed by atoms with Gasteiger partial charge < -0.3 is 4.74 Å². The highest BCUT2D eigenvalue weighted by atomic mass is 16.5. The molecule has 0 heterocycles. The molecule has 1 fully saturated rings. The van der Waals surface area contributed by atoms with Gasteiger partial charge in [-0.05, 0) is 60.6 Å². The van der Waals surface area contributed by atoms with Crippen LogP contribution in [0.1, 0.15) is 34.6 Å². The molecule has 0 bridgehead atoms. The molecule has 0 radical (unpaired) electrons. The molecule has 1 saturated carbocycles. The Balaban J connectivity index is 1.59. The van der Waals surface area contributed by atoms with E-state index in [1.54, 1.807) is 13.3 Å². The molecule has 24 heavy (non-hydrogen) atoms. The molecule has 2 atom stereocenters. The molecular weight excluding hydrogens is 300 g/mol. The van der Waals surface area contributed by atoms with E-state index in [4.69, 9.17) is 4.74 Å². The van der Waals surface area contributed by atoms with Gasteiger partial charge in [-0.25, -0.2) is 5.43 Å². The molecule has 3 rings (SSSR count). The fraction of sp³-hybridized carbons (Fsp3) is 0.300. The number of hydrogen-bond acceptors (Lipinski definition) is 3. The van der Waals surface area contributed by atoms with E-state index in [0.717, 1.165) is 28.9 Å². The van der Waals surface area contributed by atoms with Crippen LogP contribution < -0.4 is 10.2 Å². The summed E-state index contributed by atoms with van der Waals surface area (Å²) in [6.45, 7) is 3.99. The molecule has 1 aliphatic rings. The van der Waals surface area contributed by atoms with Crippen LogP contribution in [0.3, 0.4) is 0 Å². The molecule has 1 amide bonds. The summed E-state index contributed by atoms with van der Waals surface area (Å²) in [6, 6.07) is 14.1. The molecule has 2 aromatic rings. The second kappa shape index (κ2) is 6.87. The van der Waals surface area contributed by atoms with Crippen LogP contribution in [0.4, 0.5) is 0 Å². The highest BCUT2D eigenvalue weighted by Crippen LogP contribution is 2.47. The second-order valence-corrected chi connectivity index (χ2v) is 6.27. The smallest absolute Gasteiger partial charge is 0.243 e. The summed E-state index contributed by atoms with van der Waals surface area (Å²) < 4.78 is 5.30. The van der Waals surface area contributed by atoms with Gasteiger partial charge >= 0.3 is 0 Å². The first-order valence-electron chi connectivity index (χ1n) is 8.13. The fourth-order valence-electron chi connectivity index (χ4n) is 2.97. The Kier molecular flexibility index (Phi) is 4.65. The lowest BCUT2D eigenvalue weighted by Crippen LogP contribution is -2.20. The zero-order valence-electron chi connectivity index (χ0n) is 14.2. The van der Waals surface area contributed by atoms with Crippen LogP contribution in [0.2, 0.25) is 0 Å². The number of rotatable bonds is 5. The zero-order valence-corrected chi connectivity index (χ0v) is 14.2. The van der Waals surface area contributed by atoms with Crippen molar-refractivity contribution in [3.63, 3.8) is 0 Å². The first-order chi connectivity index (χ1) is 11.6. The molecule has 4 heteroatoms. The number of amides is 1. The van der Waals surface area contributed by atoms with Gasteiger partial charge in [-0.1, -0.05) is 30.3 Å². The van der Waals surface area contributed by atoms with E-state index in [9.17, 15) is 4.79 Å². The Labute approximate surface area is 142 Å². The van der Waals surface area contributed by atoms with Gasteiger partial charge in [0.2, 0.25) is 5.91 Å². The van der Waals surface area contributed by atoms with Gasteiger partial charge in [0.05, 0.1) is 13.3 Å². The average Bonchev–Trinajstić information content (AvgIpc) is 3.39. The molecule has 1 aliphatic carbocycles. The first-order valence-corrected chi connectivity index (χ1v) is 8.13. The number of hydrogen-bond donors (Lipinski definition) is 1. The van der Waals surface area contributed by atoms with Crippen molar-refractivity contribution in [1.29, 1.82) is 0 Å². The van der Waals surface area contributed by atoms with Crippen molar-refractivity contribution < 1.29 is 9.53 Å². The second-order valence-electron chi connectivity index (χ2n) is 6.27. The van der Waals surface area contributed by atoms with Crippen molar-refractivity contribution in [2.24, 2.45) is 11.0 Å². The number of aryl methyl sites for hydroxylation is 2. The quantitative estimate of drug-likeness (QED) is 0.676. The van der Waals surface area contributed by atoms with Gasteiger partial charge in [-0.3, -0.25) is 4.79 Å². The number of benzene rings is 2. The van der Waals surface area contributed by atoms with Gasteiger partial charge in [0.15, 0.2) is 0 Å². The number of carbonyl (C=O) groups is 1. The normalized spacial score (nSPS) is 19.3. The van der Waals surface area contributed by atoms with E-state index in [2.05, 4.69) is 22.7 Å². The van der Waals surface area contributed by atoms with Crippen molar-refractivity contribution >= 4 is 12.1 Å². The maximum Gasteiger partial charge on any atom is 0.243 e. The van der Waals surface area contributed by atoms with Gasteiger partial charge in [-0.15, -0.1) is 0 Å². The third kappa shape index (κ3) is 3.48. The van der Waals surface area contributed by atoms with Crippen LogP contribution in [-0.4, -0.2) is 19.2 Å². The largest absolute Gasteiger partial charge is 0.496 e. The average molecular weight is 322 g/mol. The predicted octanol–water partition coefficient (Wildman–Crippen LogP) is 3.57. The molecule has 124 valence electrons. The number of carbonyl (C=O) groups excluding carboxylic acids is 1. The van der Waals surface area contributed by atoms with E-state index in [0.29, 0.717) is 5.92 Å². The molecule has 1 N–H and O–H groups in total. The Morgan fingerprint density at radius 1 is 1.21 bits per heavy atom. The van der Waals surface area contributed by atoms with Crippen molar-refractivity contribution in [3.05, 3.63) is 64.7 Å². The van der Waals surface area contributed by atoms with Gasteiger partial charge in [0.25, 0.3) is 0 Å². The number of methoxy groups -OCH3 is 1. The maximum absolute atomic E-state index is 12.2. The lowest BCUT2D eigenvalue weighted by atomic mass is 10.1. The number of hydrazone groups is 1. The Morgan fingerprint density at radius 3 is 2.67 bits per heavy atom. The summed E-state index contributed by atoms with van der Waals surface area (Å²) in [5.74, 6) is 1.20. The van der Waals surface area contributed by atoms with Crippen LogP contribution in [0.5, 0.6) is 5.75 Å².